The van der Waals surface area contributed by atoms with E-state index in [1.165, 1.54) is 0 Å². The van der Waals surface area contributed by atoms with Crippen LogP contribution in [-0.4, -0.2) is 30.8 Å². The van der Waals surface area contributed by atoms with Crippen molar-refractivity contribution in [3.05, 3.63) is 35.9 Å². The summed E-state index contributed by atoms with van der Waals surface area (Å²) >= 11 is 0. The number of benzene rings is 1. The van der Waals surface area contributed by atoms with E-state index in [0.717, 1.165) is 12.8 Å². The van der Waals surface area contributed by atoms with Crippen molar-refractivity contribution in [3.8, 4) is 0 Å². The molecule has 0 saturated carbocycles. The summed E-state index contributed by atoms with van der Waals surface area (Å²) in [7, 11) is -3.47. The van der Waals surface area contributed by atoms with Crippen molar-refractivity contribution in [1.29, 1.82) is 0 Å². The summed E-state index contributed by atoms with van der Waals surface area (Å²) in [6.07, 6.45) is 2.40. The lowest BCUT2D eigenvalue weighted by atomic mass is 10.1. The number of oxime groups is 1. The van der Waals surface area contributed by atoms with Crippen molar-refractivity contribution in [1.82, 2.24) is 4.83 Å². The maximum Gasteiger partial charge on any atom is 0.247 e. The molecule has 1 aromatic rings. The van der Waals surface area contributed by atoms with E-state index in [9.17, 15) is 8.42 Å². The van der Waals surface area contributed by atoms with Crippen LogP contribution in [0.4, 0.5) is 0 Å². The fourth-order valence-corrected chi connectivity index (χ4v) is 2.61. The summed E-state index contributed by atoms with van der Waals surface area (Å²) < 4.78 is 23.7. The molecule has 0 radical (unpaired) electrons. The Morgan fingerprint density at radius 3 is 2.48 bits per heavy atom. The fourth-order valence-electron chi connectivity index (χ4n) is 1.70. The smallest absolute Gasteiger partial charge is 0.247 e. The van der Waals surface area contributed by atoms with Gasteiger partial charge < -0.3 is 5.21 Å². The van der Waals surface area contributed by atoms with Crippen molar-refractivity contribution in [2.24, 2.45) is 10.3 Å². The average molecular weight is 311 g/mol. The molecule has 0 fully saturated rings. The maximum atomic E-state index is 11.8. The van der Waals surface area contributed by atoms with Gasteiger partial charge in [0.2, 0.25) is 10.0 Å². The van der Waals surface area contributed by atoms with Crippen LogP contribution >= 0.6 is 0 Å². The van der Waals surface area contributed by atoms with Gasteiger partial charge >= 0.3 is 0 Å². The first-order valence-electron chi connectivity index (χ1n) is 6.81. The number of nitrogens with zero attached hydrogens (tertiary/aromatic N) is 2. The van der Waals surface area contributed by atoms with Crippen LogP contribution in [0.1, 0.15) is 38.7 Å². The van der Waals surface area contributed by atoms with Gasteiger partial charge in [-0.15, -0.1) is 0 Å². The normalized spacial score (nSPS) is 13.2. The third kappa shape index (κ3) is 5.95. The average Bonchev–Trinajstić information content (AvgIpc) is 2.48. The Morgan fingerprint density at radius 2 is 1.90 bits per heavy atom. The van der Waals surface area contributed by atoms with Gasteiger partial charge in [0.25, 0.3) is 0 Å². The summed E-state index contributed by atoms with van der Waals surface area (Å²) in [5, 5.41) is 15.9. The van der Waals surface area contributed by atoms with Gasteiger partial charge in [0.15, 0.2) is 0 Å². The molecule has 0 aliphatic carbocycles. The first-order valence-corrected chi connectivity index (χ1v) is 8.47. The summed E-state index contributed by atoms with van der Waals surface area (Å²) in [5.41, 5.74) is 1.19. The van der Waals surface area contributed by atoms with Gasteiger partial charge in [-0.05, 0) is 13.3 Å². The van der Waals surface area contributed by atoms with Gasteiger partial charge in [-0.3, -0.25) is 0 Å². The van der Waals surface area contributed by atoms with E-state index in [4.69, 9.17) is 5.21 Å². The molecular weight excluding hydrogens is 290 g/mol. The molecule has 0 aliphatic rings. The minimum atomic E-state index is -3.47. The van der Waals surface area contributed by atoms with Crippen molar-refractivity contribution < 1.29 is 13.6 Å². The van der Waals surface area contributed by atoms with Crippen molar-refractivity contribution >= 4 is 21.4 Å². The lowest BCUT2D eigenvalue weighted by Crippen LogP contribution is -2.25. The van der Waals surface area contributed by atoms with Crippen LogP contribution in [0, 0.1) is 0 Å². The van der Waals surface area contributed by atoms with Gasteiger partial charge in [0.1, 0.15) is 11.4 Å². The SMILES string of the molecule is CCCCCS(=O)(=O)NN=C(C(C)=NO)c1ccccc1. The van der Waals surface area contributed by atoms with Crippen molar-refractivity contribution in [2.75, 3.05) is 5.75 Å². The molecule has 1 rings (SSSR count). The molecular formula is C14H21N3O3S. The number of hydrogen-bond acceptors (Lipinski definition) is 5. The highest BCUT2D eigenvalue weighted by Gasteiger charge is 2.12. The van der Waals surface area contributed by atoms with Crippen LogP contribution < -0.4 is 4.83 Å². The molecule has 0 atom stereocenters. The van der Waals surface area contributed by atoms with E-state index in [2.05, 4.69) is 15.1 Å². The molecule has 0 aromatic heterocycles. The second kappa shape index (κ2) is 8.41. The zero-order valence-corrected chi connectivity index (χ0v) is 13.1. The summed E-state index contributed by atoms with van der Waals surface area (Å²) in [6.45, 7) is 3.56. The van der Waals surface area contributed by atoms with E-state index in [1.807, 2.05) is 13.0 Å². The van der Waals surface area contributed by atoms with Crippen LogP contribution in [-0.2, 0) is 10.0 Å². The number of unbranched alkanes of at least 4 members (excludes halogenated alkanes) is 2. The Hall–Kier alpha value is -1.89. The third-order valence-corrected chi connectivity index (χ3v) is 4.05. The van der Waals surface area contributed by atoms with Crippen LogP contribution in [0.15, 0.2) is 40.6 Å². The Labute approximate surface area is 125 Å². The monoisotopic (exact) mass is 311 g/mol. The lowest BCUT2D eigenvalue weighted by Gasteiger charge is -2.07. The van der Waals surface area contributed by atoms with Crippen LogP contribution in [0.25, 0.3) is 0 Å². The molecule has 21 heavy (non-hydrogen) atoms. The highest BCUT2D eigenvalue weighted by molar-refractivity contribution is 7.89. The highest BCUT2D eigenvalue weighted by atomic mass is 32.2. The Morgan fingerprint density at radius 1 is 1.24 bits per heavy atom. The number of hydrogen-bond donors (Lipinski definition) is 2. The molecule has 0 saturated heterocycles. The maximum absolute atomic E-state index is 11.8. The molecule has 6 nitrogen and oxygen atoms in total. The second-order valence-electron chi connectivity index (χ2n) is 4.63. The fraction of sp³-hybridized carbons (Fsp3) is 0.429. The van der Waals surface area contributed by atoms with Gasteiger partial charge in [-0.25, -0.2) is 13.2 Å². The molecule has 0 amide bonds. The zero-order valence-electron chi connectivity index (χ0n) is 12.3. The van der Waals surface area contributed by atoms with Crippen LogP contribution in [0.5, 0.6) is 0 Å². The van der Waals surface area contributed by atoms with Gasteiger partial charge in [-0.2, -0.15) is 5.10 Å². The van der Waals surface area contributed by atoms with Gasteiger partial charge in [0, 0.05) is 5.56 Å². The number of sulfonamides is 1. The minimum Gasteiger partial charge on any atom is -0.411 e. The Bertz CT molecular complexity index is 595. The van der Waals surface area contributed by atoms with E-state index in [0.29, 0.717) is 12.0 Å². The quantitative estimate of drug-likeness (QED) is 0.334. The van der Waals surface area contributed by atoms with E-state index in [1.54, 1.807) is 31.2 Å². The molecule has 0 heterocycles. The number of rotatable bonds is 8. The van der Waals surface area contributed by atoms with E-state index in [-0.39, 0.29) is 17.2 Å². The van der Waals surface area contributed by atoms with Crippen molar-refractivity contribution in [2.45, 2.75) is 33.1 Å². The Kier molecular flexibility index (Phi) is 6.87. The number of hydrazone groups is 1. The van der Waals surface area contributed by atoms with Gasteiger partial charge in [0.05, 0.1) is 5.75 Å². The molecule has 116 valence electrons. The number of nitrogens with one attached hydrogen (secondary N) is 1. The third-order valence-electron chi connectivity index (χ3n) is 2.85. The van der Waals surface area contributed by atoms with E-state index >= 15 is 0 Å². The first kappa shape index (κ1) is 17.2. The highest BCUT2D eigenvalue weighted by Crippen LogP contribution is 2.04. The van der Waals surface area contributed by atoms with Crippen molar-refractivity contribution in [3.63, 3.8) is 0 Å². The van der Waals surface area contributed by atoms with Gasteiger partial charge in [-0.1, -0.05) is 55.3 Å². The minimum absolute atomic E-state index is 0.0295. The second-order valence-corrected chi connectivity index (χ2v) is 6.45. The molecule has 0 spiro atoms. The topological polar surface area (TPSA) is 91.1 Å². The zero-order chi connectivity index (χ0) is 15.7. The lowest BCUT2D eigenvalue weighted by molar-refractivity contribution is 0.320. The summed E-state index contributed by atoms with van der Waals surface area (Å²) in [4.78, 5) is 2.20. The predicted molar refractivity (Wildman–Crippen MR) is 84.3 cm³/mol. The first-order chi connectivity index (χ1) is 10.00. The van der Waals surface area contributed by atoms with E-state index < -0.39 is 10.0 Å². The molecule has 2 N–H and O–H groups in total. The molecule has 7 heteroatoms. The van der Waals surface area contributed by atoms with Crippen LogP contribution in [0.2, 0.25) is 0 Å². The largest absolute Gasteiger partial charge is 0.411 e. The van der Waals surface area contributed by atoms with Crippen LogP contribution in [0.3, 0.4) is 0 Å². The Balaban J connectivity index is 2.90. The predicted octanol–water partition coefficient (Wildman–Crippen LogP) is 2.35. The molecule has 0 bridgehead atoms. The summed E-state index contributed by atoms with van der Waals surface area (Å²) in [5.74, 6) is 0.0295. The summed E-state index contributed by atoms with van der Waals surface area (Å²) in [6, 6.07) is 8.95. The molecule has 0 aliphatic heterocycles. The molecule has 1 aromatic carbocycles. The standard InChI is InChI=1S/C14H21N3O3S/c1-3-4-8-11-21(19,20)17-15-14(12(2)16-18)13-9-6-5-7-10-13/h5-7,9-10,17-18H,3-4,8,11H2,1-2H3. The molecule has 0 unspecified atom stereocenters.